The van der Waals surface area contributed by atoms with E-state index in [1.165, 1.54) is 24.5 Å². The molecular weight excluding hydrogens is 409 g/mol. The lowest BCUT2D eigenvalue weighted by Gasteiger charge is -2.05. The topological polar surface area (TPSA) is 95.6 Å². The van der Waals surface area contributed by atoms with Crippen molar-refractivity contribution in [1.82, 2.24) is 19.7 Å². The Bertz CT molecular complexity index is 1460. The molecule has 7 nitrogen and oxygen atoms in total. The van der Waals surface area contributed by atoms with Gasteiger partial charge in [0, 0.05) is 23.3 Å². The summed E-state index contributed by atoms with van der Waals surface area (Å²) in [5, 5.41) is 7.95. The second-order valence-electron chi connectivity index (χ2n) is 7.41. The lowest BCUT2D eigenvalue weighted by atomic mass is 10.1. The van der Waals surface area contributed by atoms with E-state index >= 15 is 0 Å². The van der Waals surface area contributed by atoms with Gasteiger partial charge in [-0.3, -0.25) is 14.3 Å². The number of hydrogen-bond donors (Lipinski definition) is 3. The number of fused-ring (bicyclic) bond motifs is 1. The molecule has 0 aliphatic carbocycles. The summed E-state index contributed by atoms with van der Waals surface area (Å²) in [6.45, 7) is 0.372. The van der Waals surface area contributed by atoms with Gasteiger partial charge in [-0.2, -0.15) is 5.10 Å². The normalized spacial score (nSPS) is 11.0. The molecule has 0 radical (unpaired) electrons. The molecule has 0 bridgehead atoms. The summed E-state index contributed by atoms with van der Waals surface area (Å²) in [5.74, 6) is -0.698. The van der Waals surface area contributed by atoms with Crippen molar-refractivity contribution in [2.24, 2.45) is 0 Å². The molecule has 0 aliphatic heterocycles. The van der Waals surface area contributed by atoms with Crippen LogP contribution in [0.4, 0.5) is 10.1 Å². The van der Waals surface area contributed by atoms with Crippen LogP contribution in [0.2, 0.25) is 0 Å². The van der Waals surface area contributed by atoms with Crippen molar-refractivity contribution in [3.05, 3.63) is 107 Å². The van der Waals surface area contributed by atoms with Gasteiger partial charge in [0.1, 0.15) is 5.82 Å². The van der Waals surface area contributed by atoms with Crippen molar-refractivity contribution in [2.45, 2.75) is 6.54 Å². The summed E-state index contributed by atoms with van der Waals surface area (Å²) in [4.78, 5) is 31.0. The number of amides is 1. The SMILES string of the molecule is O=C(Nc1cnn(Cc2cccc(F)c2)c1)c1c[nH]c(=O)c(-c2cc3ccccc3[nH]2)c1. The maximum atomic E-state index is 13.4. The molecule has 1 amide bonds. The van der Waals surface area contributed by atoms with E-state index in [-0.39, 0.29) is 17.3 Å². The number of rotatable bonds is 5. The van der Waals surface area contributed by atoms with Gasteiger partial charge in [-0.05, 0) is 35.9 Å². The zero-order valence-corrected chi connectivity index (χ0v) is 16.8. The summed E-state index contributed by atoms with van der Waals surface area (Å²) in [6.07, 6.45) is 4.55. The fraction of sp³-hybridized carbons (Fsp3) is 0.0417. The third kappa shape index (κ3) is 3.93. The Labute approximate surface area is 181 Å². The van der Waals surface area contributed by atoms with Crippen molar-refractivity contribution in [3.63, 3.8) is 0 Å². The van der Waals surface area contributed by atoms with Gasteiger partial charge in [-0.1, -0.05) is 30.3 Å². The van der Waals surface area contributed by atoms with Gasteiger partial charge in [0.15, 0.2) is 0 Å². The number of hydrogen-bond acceptors (Lipinski definition) is 3. The number of aromatic nitrogens is 4. The zero-order chi connectivity index (χ0) is 22.1. The van der Waals surface area contributed by atoms with E-state index < -0.39 is 0 Å². The van der Waals surface area contributed by atoms with E-state index in [9.17, 15) is 14.0 Å². The summed E-state index contributed by atoms with van der Waals surface area (Å²) < 4.78 is 15.0. The molecule has 0 fully saturated rings. The number of nitrogens with one attached hydrogen (secondary N) is 3. The number of H-pyrrole nitrogens is 2. The molecule has 3 heterocycles. The molecule has 2 aromatic carbocycles. The van der Waals surface area contributed by atoms with Gasteiger partial charge in [-0.15, -0.1) is 0 Å². The molecule has 0 saturated heterocycles. The van der Waals surface area contributed by atoms with Gasteiger partial charge in [-0.25, -0.2) is 4.39 Å². The second kappa shape index (κ2) is 7.99. The minimum atomic E-state index is -0.385. The summed E-state index contributed by atoms with van der Waals surface area (Å²) in [5.41, 5.74) is 3.16. The lowest BCUT2D eigenvalue weighted by molar-refractivity contribution is 0.102. The van der Waals surface area contributed by atoms with Gasteiger partial charge in [0.05, 0.1) is 35.2 Å². The first kappa shape index (κ1) is 19.5. The largest absolute Gasteiger partial charge is 0.354 e. The highest BCUT2D eigenvalue weighted by Crippen LogP contribution is 2.22. The molecule has 5 rings (SSSR count). The van der Waals surface area contributed by atoms with E-state index in [4.69, 9.17) is 0 Å². The Hall–Kier alpha value is -4.46. The number of anilines is 1. The monoisotopic (exact) mass is 427 g/mol. The first-order chi connectivity index (χ1) is 15.5. The number of pyridine rings is 1. The van der Waals surface area contributed by atoms with Crippen molar-refractivity contribution >= 4 is 22.5 Å². The van der Waals surface area contributed by atoms with Crippen LogP contribution in [-0.4, -0.2) is 25.7 Å². The third-order valence-corrected chi connectivity index (χ3v) is 5.11. The molecule has 5 aromatic rings. The van der Waals surface area contributed by atoms with E-state index in [0.717, 1.165) is 16.5 Å². The predicted octanol–water partition coefficient (Wildman–Crippen LogP) is 4.16. The minimum absolute atomic E-state index is 0.295. The van der Waals surface area contributed by atoms with E-state index in [0.29, 0.717) is 29.1 Å². The standard InChI is InChI=1S/C24H18FN5O2/c25-18-6-3-4-15(8-18)13-30-14-19(12-27-30)28-23(31)17-9-20(24(32)26-11-17)22-10-16-5-1-2-7-21(16)29-22/h1-12,14,29H,13H2,(H,26,32)(H,28,31). The molecule has 0 aliphatic rings. The van der Waals surface area contributed by atoms with Crippen LogP contribution < -0.4 is 10.9 Å². The van der Waals surface area contributed by atoms with E-state index in [1.54, 1.807) is 29.1 Å². The predicted molar refractivity (Wildman–Crippen MR) is 120 cm³/mol. The minimum Gasteiger partial charge on any atom is -0.354 e. The van der Waals surface area contributed by atoms with Crippen LogP contribution in [0.15, 0.2) is 84.0 Å². The smallest absolute Gasteiger partial charge is 0.257 e. The molecule has 32 heavy (non-hydrogen) atoms. The van der Waals surface area contributed by atoms with Crippen LogP contribution in [0.5, 0.6) is 0 Å². The van der Waals surface area contributed by atoms with E-state index in [1.807, 2.05) is 30.3 Å². The molecule has 0 saturated carbocycles. The number of carbonyl (C=O) groups excluding carboxylic acids is 1. The number of benzene rings is 2. The fourth-order valence-electron chi connectivity index (χ4n) is 3.57. The number of aromatic amines is 2. The molecule has 3 N–H and O–H groups in total. The highest BCUT2D eigenvalue weighted by atomic mass is 19.1. The van der Waals surface area contributed by atoms with Crippen molar-refractivity contribution in [3.8, 4) is 11.3 Å². The Morgan fingerprint density at radius 3 is 2.81 bits per heavy atom. The Morgan fingerprint density at radius 1 is 1.09 bits per heavy atom. The van der Waals surface area contributed by atoms with Gasteiger partial charge >= 0.3 is 0 Å². The average molecular weight is 427 g/mol. The fourth-order valence-corrected chi connectivity index (χ4v) is 3.57. The summed E-state index contributed by atoms with van der Waals surface area (Å²) in [7, 11) is 0. The summed E-state index contributed by atoms with van der Waals surface area (Å²) >= 11 is 0. The van der Waals surface area contributed by atoms with Gasteiger partial charge < -0.3 is 15.3 Å². The number of halogens is 1. The van der Waals surface area contributed by atoms with Crippen molar-refractivity contribution < 1.29 is 9.18 Å². The second-order valence-corrected chi connectivity index (χ2v) is 7.41. The molecule has 0 spiro atoms. The van der Waals surface area contributed by atoms with Crippen molar-refractivity contribution in [1.29, 1.82) is 0 Å². The number of para-hydroxylation sites is 1. The van der Waals surface area contributed by atoms with Crippen LogP contribution in [0.3, 0.4) is 0 Å². The zero-order valence-electron chi connectivity index (χ0n) is 16.8. The van der Waals surface area contributed by atoms with Crippen LogP contribution in [0.1, 0.15) is 15.9 Å². The van der Waals surface area contributed by atoms with Crippen molar-refractivity contribution in [2.75, 3.05) is 5.32 Å². The molecule has 158 valence electrons. The van der Waals surface area contributed by atoms with Gasteiger partial charge in [0.2, 0.25) is 0 Å². The Balaban J connectivity index is 1.35. The molecule has 8 heteroatoms. The van der Waals surface area contributed by atoms with Crippen LogP contribution in [-0.2, 0) is 6.54 Å². The number of nitrogens with zero attached hydrogens (tertiary/aromatic N) is 2. The number of carbonyl (C=O) groups is 1. The highest BCUT2D eigenvalue weighted by molar-refractivity contribution is 6.04. The first-order valence-electron chi connectivity index (χ1n) is 9.94. The molecular formula is C24H18FN5O2. The summed E-state index contributed by atoms with van der Waals surface area (Å²) in [6, 6.07) is 17.4. The van der Waals surface area contributed by atoms with Crippen LogP contribution >= 0.6 is 0 Å². The molecule has 0 atom stereocenters. The molecule has 3 aromatic heterocycles. The van der Waals surface area contributed by atoms with E-state index in [2.05, 4.69) is 20.4 Å². The quantitative estimate of drug-likeness (QED) is 0.393. The molecule has 0 unspecified atom stereocenters. The maximum Gasteiger partial charge on any atom is 0.257 e. The Morgan fingerprint density at radius 2 is 1.97 bits per heavy atom. The van der Waals surface area contributed by atoms with Crippen LogP contribution in [0.25, 0.3) is 22.2 Å². The average Bonchev–Trinajstić information content (AvgIpc) is 3.40. The first-order valence-corrected chi connectivity index (χ1v) is 9.94. The lowest BCUT2D eigenvalue weighted by Crippen LogP contribution is -2.16. The third-order valence-electron chi connectivity index (χ3n) is 5.11. The maximum absolute atomic E-state index is 13.4. The van der Waals surface area contributed by atoms with Crippen LogP contribution in [0, 0.1) is 5.82 Å². The van der Waals surface area contributed by atoms with Gasteiger partial charge in [0.25, 0.3) is 11.5 Å². The Kier molecular flexibility index (Phi) is 4.87. The highest BCUT2D eigenvalue weighted by Gasteiger charge is 2.13.